The van der Waals surface area contributed by atoms with Crippen molar-refractivity contribution in [1.82, 2.24) is 14.8 Å². The molecule has 0 saturated heterocycles. The van der Waals surface area contributed by atoms with E-state index in [0.29, 0.717) is 16.1 Å². The zero-order valence-corrected chi connectivity index (χ0v) is 12.6. The lowest BCUT2D eigenvalue weighted by molar-refractivity contribution is 0.415. The largest absolute Gasteiger partial charge is 0.497 e. The first-order chi connectivity index (χ1) is 10.2. The normalized spacial score (nSPS) is 10.6. The predicted octanol–water partition coefficient (Wildman–Crippen LogP) is 4.25. The van der Waals surface area contributed by atoms with Crippen molar-refractivity contribution in [3.8, 4) is 22.8 Å². The van der Waals surface area contributed by atoms with E-state index in [4.69, 9.17) is 27.9 Å². The fourth-order valence-corrected chi connectivity index (χ4v) is 2.24. The van der Waals surface area contributed by atoms with Crippen LogP contribution in [0.25, 0.3) is 17.1 Å². The second-order valence-electron chi connectivity index (χ2n) is 4.32. The van der Waals surface area contributed by atoms with E-state index in [1.54, 1.807) is 23.9 Å². The van der Waals surface area contributed by atoms with Gasteiger partial charge < -0.3 is 4.74 Å². The van der Waals surface area contributed by atoms with Crippen LogP contribution < -0.4 is 4.74 Å². The molecule has 0 unspecified atom stereocenters. The van der Waals surface area contributed by atoms with Crippen LogP contribution in [0.5, 0.6) is 5.75 Å². The Morgan fingerprint density at radius 1 is 0.952 bits per heavy atom. The number of nitrogens with zero attached hydrogens (tertiary/aromatic N) is 3. The quantitative estimate of drug-likeness (QED) is 0.724. The average Bonchev–Trinajstić information content (AvgIpc) is 2.90. The summed E-state index contributed by atoms with van der Waals surface area (Å²) in [5.74, 6) is 1.33. The lowest BCUT2D eigenvalue weighted by atomic mass is 10.2. The van der Waals surface area contributed by atoms with Crippen LogP contribution >= 0.6 is 23.2 Å². The monoisotopic (exact) mass is 319 g/mol. The van der Waals surface area contributed by atoms with Crippen LogP contribution in [0.15, 0.2) is 48.5 Å². The summed E-state index contributed by atoms with van der Waals surface area (Å²) >= 11 is 12.0. The van der Waals surface area contributed by atoms with E-state index in [1.807, 2.05) is 36.4 Å². The molecule has 106 valence electrons. The van der Waals surface area contributed by atoms with E-state index in [2.05, 4.69) is 10.1 Å². The lowest BCUT2D eigenvalue weighted by Gasteiger charge is -2.01. The van der Waals surface area contributed by atoms with Gasteiger partial charge in [0, 0.05) is 10.6 Å². The number of aromatic nitrogens is 3. The molecule has 0 saturated carbocycles. The number of ether oxygens (including phenoxy) is 1. The van der Waals surface area contributed by atoms with Gasteiger partial charge in [-0.15, -0.1) is 5.10 Å². The zero-order valence-electron chi connectivity index (χ0n) is 11.1. The Morgan fingerprint density at radius 2 is 1.62 bits per heavy atom. The minimum atomic E-state index is 0.295. The van der Waals surface area contributed by atoms with E-state index >= 15 is 0 Å². The molecule has 1 aromatic heterocycles. The highest BCUT2D eigenvalue weighted by atomic mass is 35.5. The van der Waals surface area contributed by atoms with E-state index < -0.39 is 0 Å². The fraction of sp³-hybridized carbons (Fsp3) is 0.0667. The van der Waals surface area contributed by atoms with Crippen molar-refractivity contribution >= 4 is 23.2 Å². The molecule has 3 aromatic rings. The van der Waals surface area contributed by atoms with Crippen LogP contribution in [0.3, 0.4) is 0 Å². The SMILES string of the molecule is COc1ccc(-c2nc(Cl)n(-c3ccc(Cl)cc3)n2)cc1. The molecule has 0 aliphatic carbocycles. The molecule has 6 heteroatoms. The smallest absolute Gasteiger partial charge is 0.226 e. The highest BCUT2D eigenvalue weighted by molar-refractivity contribution is 6.30. The second kappa shape index (κ2) is 5.76. The van der Waals surface area contributed by atoms with Gasteiger partial charge >= 0.3 is 0 Å². The van der Waals surface area contributed by atoms with Crippen molar-refractivity contribution in [3.05, 3.63) is 58.8 Å². The van der Waals surface area contributed by atoms with Crippen molar-refractivity contribution in [3.63, 3.8) is 0 Å². The van der Waals surface area contributed by atoms with E-state index in [9.17, 15) is 0 Å². The average molecular weight is 320 g/mol. The Hall–Kier alpha value is -2.04. The first-order valence-corrected chi connectivity index (χ1v) is 6.96. The number of rotatable bonds is 3. The van der Waals surface area contributed by atoms with Crippen LogP contribution in [0, 0.1) is 0 Å². The Morgan fingerprint density at radius 3 is 2.24 bits per heavy atom. The maximum atomic E-state index is 6.16. The minimum Gasteiger partial charge on any atom is -0.497 e. The van der Waals surface area contributed by atoms with E-state index in [0.717, 1.165) is 17.0 Å². The van der Waals surface area contributed by atoms with Gasteiger partial charge in [0.05, 0.1) is 12.8 Å². The van der Waals surface area contributed by atoms with Gasteiger partial charge in [0.2, 0.25) is 5.28 Å². The van der Waals surface area contributed by atoms with Crippen LogP contribution in [0.2, 0.25) is 10.3 Å². The standard InChI is InChI=1S/C15H11Cl2N3O/c1-21-13-8-2-10(3-9-13)14-18-15(17)20(19-14)12-6-4-11(16)5-7-12/h2-9H,1H3. The topological polar surface area (TPSA) is 39.9 Å². The zero-order chi connectivity index (χ0) is 14.8. The summed E-state index contributed by atoms with van der Waals surface area (Å²) in [6.45, 7) is 0. The fourth-order valence-electron chi connectivity index (χ4n) is 1.90. The van der Waals surface area contributed by atoms with Gasteiger partial charge in [0.25, 0.3) is 0 Å². The molecule has 4 nitrogen and oxygen atoms in total. The van der Waals surface area contributed by atoms with Crippen molar-refractivity contribution in [1.29, 1.82) is 0 Å². The molecule has 3 rings (SSSR count). The summed E-state index contributed by atoms with van der Waals surface area (Å²) in [6, 6.07) is 14.7. The first-order valence-electron chi connectivity index (χ1n) is 6.20. The lowest BCUT2D eigenvalue weighted by Crippen LogP contribution is -1.96. The molecule has 0 radical (unpaired) electrons. The summed E-state index contributed by atoms with van der Waals surface area (Å²) in [4.78, 5) is 4.28. The third-order valence-corrected chi connectivity index (χ3v) is 3.48. The summed E-state index contributed by atoms with van der Waals surface area (Å²) < 4.78 is 6.70. The number of hydrogen-bond donors (Lipinski definition) is 0. The van der Waals surface area contributed by atoms with Crippen LogP contribution in [-0.4, -0.2) is 21.9 Å². The molecule has 2 aromatic carbocycles. The number of benzene rings is 2. The molecule has 0 amide bonds. The molecule has 0 N–H and O–H groups in total. The van der Waals surface area contributed by atoms with Crippen molar-refractivity contribution in [2.75, 3.05) is 7.11 Å². The number of methoxy groups -OCH3 is 1. The summed E-state index contributed by atoms with van der Waals surface area (Å²) in [7, 11) is 1.62. The molecule has 0 spiro atoms. The minimum absolute atomic E-state index is 0.295. The number of hydrogen-bond acceptors (Lipinski definition) is 3. The summed E-state index contributed by atoms with van der Waals surface area (Å²) in [5, 5.41) is 5.38. The van der Waals surface area contributed by atoms with Crippen LogP contribution in [0.4, 0.5) is 0 Å². The molecule has 0 aliphatic heterocycles. The summed E-state index contributed by atoms with van der Waals surface area (Å²) in [6.07, 6.45) is 0. The number of halogens is 2. The van der Waals surface area contributed by atoms with Crippen LogP contribution in [-0.2, 0) is 0 Å². The Kier molecular flexibility index (Phi) is 3.82. The van der Waals surface area contributed by atoms with Crippen molar-refractivity contribution < 1.29 is 4.74 Å². The highest BCUT2D eigenvalue weighted by Crippen LogP contribution is 2.23. The molecule has 0 fully saturated rings. The predicted molar refractivity (Wildman–Crippen MR) is 83.4 cm³/mol. The Balaban J connectivity index is 1.98. The van der Waals surface area contributed by atoms with Crippen LogP contribution in [0.1, 0.15) is 0 Å². The van der Waals surface area contributed by atoms with Gasteiger partial charge in [-0.2, -0.15) is 4.98 Å². The molecule has 21 heavy (non-hydrogen) atoms. The molecule has 0 bridgehead atoms. The molecular formula is C15H11Cl2N3O. The third kappa shape index (κ3) is 2.86. The van der Waals surface area contributed by atoms with Crippen molar-refractivity contribution in [2.24, 2.45) is 0 Å². The van der Waals surface area contributed by atoms with Gasteiger partial charge in [0.1, 0.15) is 5.75 Å². The van der Waals surface area contributed by atoms with Gasteiger partial charge in [-0.1, -0.05) is 11.6 Å². The summed E-state index contributed by atoms with van der Waals surface area (Å²) in [5.41, 5.74) is 1.67. The van der Waals surface area contributed by atoms with E-state index in [-0.39, 0.29) is 0 Å². The molecule has 1 heterocycles. The Labute approximate surface area is 131 Å². The molecular weight excluding hydrogens is 309 g/mol. The van der Waals surface area contributed by atoms with Gasteiger partial charge in [-0.05, 0) is 60.1 Å². The highest BCUT2D eigenvalue weighted by Gasteiger charge is 2.11. The first kappa shape index (κ1) is 13.9. The Bertz CT molecular complexity index is 752. The second-order valence-corrected chi connectivity index (χ2v) is 5.10. The van der Waals surface area contributed by atoms with E-state index in [1.165, 1.54) is 0 Å². The van der Waals surface area contributed by atoms with Gasteiger partial charge in [-0.25, -0.2) is 4.68 Å². The van der Waals surface area contributed by atoms with Crippen molar-refractivity contribution in [2.45, 2.75) is 0 Å². The maximum absolute atomic E-state index is 6.16. The van der Waals surface area contributed by atoms with Gasteiger partial charge in [0.15, 0.2) is 5.82 Å². The third-order valence-electron chi connectivity index (χ3n) is 2.99. The van der Waals surface area contributed by atoms with Gasteiger partial charge in [-0.3, -0.25) is 0 Å². The maximum Gasteiger partial charge on any atom is 0.226 e. The molecule has 0 aliphatic rings. The molecule has 0 atom stereocenters.